The Kier molecular flexibility index (Phi) is 6.83. The van der Waals surface area contributed by atoms with Crippen LogP contribution in [0.1, 0.15) is 28.8 Å². The minimum atomic E-state index is -1.09. The monoisotopic (exact) mass is 457 g/mol. The highest BCUT2D eigenvalue weighted by Gasteiger charge is 2.33. The Morgan fingerprint density at radius 2 is 1.44 bits per heavy atom. The first-order valence-electron chi connectivity index (χ1n) is 10.4. The number of aromatic nitrogens is 2. The highest BCUT2D eigenvalue weighted by atomic mass is 16.8. The van der Waals surface area contributed by atoms with E-state index in [-0.39, 0.29) is 19.4 Å². The van der Waals surface area contributed by atoms with Gasteiger partial charge >= 0.3 is 6.16 Å². The third-order valence-electron chi connectivity index (χ3n) is 5.07. The van der Waals surface area contributed by atoms with Crippen LogP contribution in [0.4, 0.5) is 4.79 Å². The van der Waals surface area contributed by atoms with E-state index >= 15 is 0 Å². The van der Waals surface area contributed by atoms with Gasteiger partial charge in [-0.1, -0.05) is 41.5 Å². The molecule has 0 bridgehead atoms. The van der Waals surface area contributed by atoms with Gasteiger partial charge in [-0.25, -0.2) is 4.79 Å². The molecule has 9 heteroatoms. The van der Waals surface area contributed by atoms with Gasteiger partial charge in [-0.05, 0) is 24.3 Å². The number of rotatable bonds is 4. The molecule has 0 unspecified atom stereocenters. The molecule has 0 radical (unpaired) electrons. The Balaban J connectivity index is 0.000000192. The zero-order valence-electron chi connectivity index (χ0n) is 17.9. The van der Waals surface area contributed by atoms with Crippen molar-refractivity contribution in [2.45, 2.75) is 19.4 Å². The molecule has 1 saturated heterocycles. The molecular weight excluding hydrogens is 438 g/mol. The van der Waals surface area contributed by atoms with Gasteiger partial charge in [0.05, 0.1) is 11.0 Å². The van der Waals surface area contributed by atoms with Gasteiger partial charge in [0, 0.05) is 47.1 Å². The van der Waals surface area contributed by atoms with E-state index in [0.717, 1.165) is 33.7 Å². The van der Waals surface area contributed by atoms with Crippen LogP contribution in [0.3, 0.4) is 0 Å². The van der Waals surface area contributed by atoms with Crippen molar-refractivity contribution in [2.24, 2.45) is 0 Å². The van der Waals surface area contributed by atoms with Crippen molar-refractivity contribution in [1.82, 2.24) is 15.0 Å². The van der Waals surface area contributed by atoms with Crippen molar-refractivity contribution >= 4 is 46.1 Å². The molecule has 0 aliphatic carbocycles. The summed E-state index contributed by atoms with van der Waals surface area (Å²) >= 11 is 0. The quantitative estimate of drug-likeness (QED) is 0.257. The molecule has 0 spiro atoms. The maximum atomic E-state index is 11.6. The number of carbonyl (C=O) groups excluding carboxylic acids is 4. The minimum absolute atomic E-state index is 0.0428. The maximum absolute atomic E-state index is 11.6. The van der Waals surface area contributed by atoms with Gasteiger partial charge in [-0.15, -0.1) is 0 Å². The molecule has 2 aromatic heterocycles. The molecule has 1 aliphatic heterocycles. The summed E-state index contributed by atoms with van der Waals surface area (Å²) in [5.41, 5.74) is 3.09. The Morgan fingerprint density at radius 3 is 2.12 bits per heavy atom. The molecular formula is C25H19N3O6. The fraction of sp³-hybridized carbons (Fsp3) is 0.120. The number of ether oxygens (including phenoxy) is 1. The van der Waals surface area contributed by atoms with Crippen LogP contribution in [0.5, 0.6) is 0 Å². The van der Waals surface area contributed by atoms with Crippen LogP contribution in [0.2, 0.25) is 0 Å². The van der Waals surface area contributed by atoms with E-state index < -0.39 is 18.0 Å². The molecule has 1 fully saturated rings. The zero-order valence-corrected chi connectivity index (χ0v) is 17.9. The fourth-order valence-electron chi connectivity index (χ4n) is 3.40. The topological polar surface area (TPSA) is 116 Å². The lowest BCUT2D eigenvalue weighted by Crippen LogP contribution is -2.32. The summed E-state index contributed by atoms with van der Waals surface area (Å²) in [6, 6.07) is 18.5. The molecule has 9 nitrogen and oxygen atoms in total. The van der Waals surface area contributed by atoms with Gasteiger partial charge in [0.1, 0.15) is 6.61 Å². The van der Waals surface area contributed by atoms with Gasteiger partial charge in [0.25, 0.3) is 11.8 Å². The second-order valence-corrected chi connectivity index (χ2v) is 7.23. The Hall–Kier alpha value is -4.66. The number of hydroxylamine groups is 2. The average molecular weight is 457 g/mol. The number of aldehydes is 1. The van der Waals surface area contributed by atoms with E-state index in [1.54, 1.807) is 24.5 Å². The molecule has 170 valence electrons. The molecule has 5 rings (SSSR count). The largest absolute Gasteiger partial charge is 0.534 e. The van der Waals surface area contributed by atoms with Crippen LogP contribution in [-0.4, -0.2) is 39.3 Å². The van der Waals surface area contributed by atoms with Crippen molar-refractivity contribution in [3.63, 3.8) is 0 Å². The van der Waals surface area contributed by atoms with Crippen molar-refractivity contribution in [3.05, 3.63) is 84.2 Å². The number of imide groups is 1. The van der Waals surface area contributed by atoms with Crippen LogP contribution >= 0.6 is 0 Å². The smallest absolute Gasteiger partial charge is 0.428 e. The number of nitrogens with zero attached hydrogens (tertiary/aromatic N) is 3. The SMILES string of the molecule is O=C(OCc1ccnc2ccccc12)ON1C(=O)CCC1=O.O=Cc1ccnc2ccccc12. The van der Waals surface area contributed by atoms with Crippen LogP contribution in [0.25, 0.3) is 21.8 Å². The Morgan fingerprint density at radius 1 is 0.853 bits per heavy atom. The van der Waals surface area contributed by atoms with Gasteiger partial charge in [-0.3, -0.25) is 29.2 Å². The molecule has 3 heterocycles. The van der Waals surface area contributed by atoms with Gasteiger partial charge in [0.2, 0.25) is 0 Å². The number of benzene rings is 2. The number of fused-ring (bicyclic) bond motifs is 2. The molecule has 34 heavy (non-hydrogen) atoms. The number of hydrogen-bond donors (Lipinski definition) is 0. The summed E-state index contributed by atoms with van der Waals surface area (Å²) in [7, 11) is 0. The summed E-state index contributed by atoms with van der Waals surface area (Å²) in [6.07, 6.45) is 3.10. The Bertz CT molecular complexity index is 1360. The van der Waals surface area contributed by atoms with Crippen LogP contribution in [0.15, 0.2) is 73.1 Å². The second kappa shape index (κ2) is 10.3. The minimum Gasteiger partial charge on any atom is -0.428 e. The summed E-state index contributed by atoms with van der Waals surface area (Å²) in [6.45, 7) is -0.0436. The second-order valence-electron chi connectivity index (χ2n) is 7.23. The zero-order chi connectivity index (χ0) is 23.9. The summed E-state index contributed by atoms with van der Waals surface area (Å²) in [5, 5.41) is 2.22. The van der Waals surface area contributed by atoms with Gasteiger partial charge in [0.15, 0.2) is 6.29 Å². The molecule has 2 aromatic carbocycles. The first kappa shape index (κ1) is 22.5. The highest BCUT2D eigenvalue weighted by molar-refractivity contribution is 6.01. The molecule has 4 aromatic rings. The highest BCUT2D eigenvalue weighted by Crippen LogP contribution is 2.18. The lowest BCUT2D eigenvalue weighted by molar-refractivity contribution is -0.177. The number of carbonyl (C=O) groups is 4. The van der Waals surface area contributed by atoms with Crippen molar-refractivity contribution in [2.75, 3.05) is 0 Å². The van der Waals surface area contributed by atoms with Crippen molar-refractivity contribution in [1.29, 1.82) is 0 Å². The van der Waals surface area contributed by atoms with Crippen molar-refractivity contribution < 1.29 is 28.8 Å². The fourth-order valence-corrected chi connectivity index (χ4v) is 3.40. The molecule has 0 N–H and O–H groups in total. The summed E-state index contributed by atoms with van der Waals surface area (Å²) < 4.78 is 4.96. The van der Waals surface area contributed by atoms with Crippen LogP contribution in [0, 0.1) is 0 Å². The average Bonchev–Trinajstić information content (AvgIpc) is 3.19. The third-order valence-corrected chi connectivity index (χ3v) is 5.07. The molecule has 2 amide bonds. The van der Waals surface area contributed by atoms with Crippen LogP contribution in [-0.2, 0) is 25.8 Å². The lowest BCUT2D eigenvalue weighted by Gasteiger charge is -2.12. The molecule has 0 saturated carbocycles. The first-order valence-corrected chi connectivity index (χ1v) is 10.4. The normalized spacial score (nSPS) is 12.9. The maximum Gasteiger partial charge on any atom is 0.534 e. The number of pyridine rings is 2. The van der Waals surface area contributed by atoms with E-state index in [0.29, 0.717) is 10.6 Å². The van der Waals surface area contributed by atoms with Gasteiger partial charge in [-0.2, -0.15) is 0 Å². The predicted molar refractivity (Wildman–Crippen MR) is 121 cm³/mol. The van der Waals surface area contributed by atoms with E-state index in [4.69, 9.17) is 4.74 Å². The summed E-state index contributed by atoms with van der Waals surface area (Å²) in [5.74, 6) is -1.09. The first-order chi connectivity index (χ1) is 16.6. The van der Waals surface area contributed by atoms with E-state index in [2.05, 4.69) is 14.8 Å². The number of hydrogen-bond acceptors (Lipinski definition) is 8. The summed E-state index contributed by atoms with van der Waals surface area (Å²) in [4.78, 5) is 57.8. The molecule has 1 aliphatic rings. The van der Waals surface area contributed by atoms with E-state index in [9.17, 15) is 19.2 Å². The van der Waals surface area contributed by atoms with E-state index in [1.165, 1.54) is 0 Å². The van der Waals surface area contributed by atoms with Crippen LogP contribution < -0.4 is 0 Å². The number of amides is 2. The number of para-hydroxylation sites is 2. The van der Waals surface area contributed by atoms with E-state index in [1.807, 2.05) is 48.5 Å². The Labute approximate surface area is 193 Å². The molecule has 0 atom stereocenters. The lowest BCUT2D eigenvalue weighted by atomic mass is 10.1. The standard InChI is InChI=1S/C15H12N2O5.C10H7NO/c18-13-5-6-14(19)17(13)22-15(20)21-9-10-7-8-16-12-4-2-1-3-11(10)12;12-7-8-5-6-11-10-4-2-1-3-9(8)10/h1-4,7-8H,5-6,9H2;1-7H. The predicted octanol–water partition coefficient (Wildman–Crippen LogP) is 4.00. The third kappa shape index (κ3) is 5.04. The van der Waals surface area contributed by atoms with Crippen molar-refractivity contribution in [3.8, 4) is 0 Å². The van der Waals surface area contributed by atoms with Gasteiger partial charge < -0.3 is 4.74 Å².